The lowest BCUT2D eigenvalue weighted by Gasteiger charge is -2.16. The third-order valence-electron chi connectivity index (χ3n) is 3.17. The number of aromatic nitrogens is 2. The third kappa shape index (κ3) is 2.90. The van der Waals surface area contributed by atoms with Crippen LogP contribution in [0.15, 0.2) is 30.3 Å². The normalized spacial score (nSPS) is 12.2. The highest BCUT2D eigenvalue weighted by Crippen LogP contribution is 2.24. The molecule has 2 aromatic rings. The molecule has 0 spiro atoms. The predicted molar refractivity (Wildman–Crippen MR) is 75.2 cm³/mol. The van der Waals surface area contributed by atoms with E-state index in [2.05, 4.69) is 17.1 Å². The Bertz CT molecular complexity index is 552. The van der Waals surface area contributed by atoms with Crippen LogP contribution in [0.5, 0.6) is 5.75 Å². The van der Waals surface area contributed by atoms with E-state index in [9.17, 15) is 0 Å². The molecule has 0 bridgehead atoms. The summed E-state index contributed by atoms with van der Waals surface area (Å²) in [6.45, 7) is 3.99. The van der Waals surface area contributed by atoms with E-state index in [-0.39, 0.29) is 6.04 Å². The molecule has 1 heterocycles. The second-order valence-corrected chi connectivity index (χ2v) is 4.49. The lowest BCUT2D eigenvalue weighted by Crippen LogP contribution is -2.16. The van der Waals surface area contributed by atoms with Crippen molar-refractivity contribution in [2.24, 2.45) is 5.73 Å². The molecule has 1 unspecified atom stereocenters. The maximum Gasteiger partial charge on any atom is 0.118 e. The molecule has 2 N–H and O–H groups in total. The standard InChI is InChI=1S/C15H19N3O/c1-4-14-13(9-10(2)17-18-14)15(16)11-5-7-12(19-3)8-6-11/h5-9,15H,4,16H2,1-3H3. The molecule has 0 amide bonds. The van der Waals surface area contributed by atoms with Gasteiger partial charge in [0.25, 0.3) is 0 Å². The summed E-state index contributed by atoms with van der Waals surface area (Å²) in [5, 5.41) is 8.31. The maximum atomic E-state index is 6.34. The van der Waals surface area contributed by atoms with Crippen LogP contribution in [0.1, 0.15) is 35.5 Å². The second-order valence-electron chi connectivity index (χ2n) is 4.49. The van der Waals surface area contributed by atoms with Crippen LogP contribution < -0.4 is 10.5 Å². The molecule has 0 saturated heterocycles. The van der Waals surface area contributed by atoms with Crippen LogP contribution in [0.3, 0.4) is 0 Å². The Balaban J connectivity index is 2.36. The fraction of sp³-hybridized carbons (Fsp3) is 0.333. The van der Waals surface area contributed by atoms with Crippen molar-refractivity contribution in [3.63, 3.8) is 0 Å². The number of ether oxygens (including phenoxy) is 1. The number of hydrogen-bond donors (Lipinski definition) is 1. The van der Waals surface area contributed by atoms with Crippen molar-refractivity contribution in [3.8, 4) is 5.75 Å². The van der Waals surface area contributed by atoms with Crippen LogP contribution in [0.2, 0.25) is 0 Å². The molecule has 1 aromatic heterocycles. The number of nitrogens with zero attached hydrogens (tertiary/aromatic N) is 2. The fourth-order valence-corrected chi connectivity index (χ4v) is 2.07. The van der Waals surface area contributed by atoms with Gasteiger partial charge in [-0.25, -0.2) is 0 Å². The van der Waals surface area contributed by atoms with E-state index < -0.39 is 0 Å². The zero-order valence-corrected chi connectivity index (χ0v) is 11.6. The summed E-state index contributed by atoms with van der Waals surface area (Å²) in [6, 6.07) is 9.64. The zero-order chi connectivity index (χ0) is 13.8. The molecule has 2 rings (SSSR count). The van der Waals surface area contributed by atoms with E-state index in [1.165, 1.54) is 0 Å². The van der Waals surface area contributed by atoms with Gasteiger partial charge in [-0.2, -0.15) is 10.2 Å². The van der Waals surface area contributed by atoms with Gasteiger partial charge >= 0.3 is 0 Å². The van der Waals surface area contributed by atoms with E-state index >= 15 is 0 Å². The van der Waals surface area contributed by atoms with Crippen molar-refractivity contribution in [1.29, 1.82) is 0 Å². The summed E-state index contributed by atoms with van der Waals surface area (Å²) in [7, 11) is 1.65. The zero-order valence-electron chi connectivity index (χ0n) is 11.6. The predicted octanol–water partition coefficient (Wildman–Crippen LogP) is 2.40. The quantitative estimate of drug-likeness (QED) is 0.913. The smallest absolute Gasteiger partial charge is 0.118 e. The van der Waals surface area contributed by atoms with Gasteiger partial charge in [0.1, 0.15) is 5.75 Å². The molecule has 1 atom stereocenters. The Kier molecular flexibility index (Phi) is 4.12. The summed E-state index contributed by atoms with van der Waals surface area (Å²) >= 11 is 0. The highest BCUT2D eigenvalue weighted by Gasteiger charge is 2.14. The Hall–Kier alpha value is -1.94. The summed E-state index contributed by atoms with van der Waals surface area (Å²) in [4.78, 5) is 0. The van der Waals surface area contributed by atoms with E-state index in [4.69, 9.17) is 10.5 Å². The van der Waals surface area contributed by atoms with Crippen molar-refractivity contribution in [1.82, 2.24) is 10.2 Å². The average molecular weight is 257 g/mol. The van der Waals surface area contributed by atoms with Crippen LogP contribution in [-0.4, -0.2) is 17.3 Å². The lowest BCUT2D eigenvalue weighted by atomic mass is 9.97. The van der Waals surface area contributed by atoms with Gasteiger partial charge in [-0.1, -0.05) is 19.1 Å². The van der Waals surface area contributed by atoms with Gasteiger partial charge in [0, 0.05) is 0 Å². The molecular formula is C15H19N3O. The first-order valence-corrected chi connectivity index (χ1v) is 6.38. The first-order valence-electron chi connectivity index (χ1n) is 6.38. The van der Waals surface area contributed by atoms with E-state index in [1.54, 1.807) is 7.11 Å². The Morgan fingerprint density at radius 2 is 1.89 bits per heavy atom. The van der Waals surface area contributed by atoms with Gasteiger partial charge in [0.2, 0.25) is 0 Å². The molecule has 100 valence electrons. The molecule has 0 aliphatic rings. The van der Waals surface area contributed by atoms with Crippen molar-refractivity contribution in [2.75, 3.05) is 7.11 Å². The van der Waals surface area contributed by atoms with Gasteiger partial charge in [-0.15, -0.1) is 0 Å². The largest absolute Gasteiger partial charge is 0.497 e. The number of hydrogen-bond acceptors (Lipinski definition) is 4. The van der Waals surface area contributed by atoms with Crippen LogP contribution in [0.25, 0.3) is 0 Å². The SMILES string of the molecule is CCc1nnc(C)cc1C(N)c1ccc(OC)cc1. The number of benzene rings is 1. The lowest BCUT2D eigenvalue weighted by molar-refractivity contribution is 0.414. The van der Waals surface area contributed by atoms with Crippen molar-refractivity contribution in [2.45, 2.75) is 26.3 Å². The minimum absolute atomic E-state index is 0.185. The average Bonchev–Trinajstić information content (AvgIpc) is 2.46. The Labute approximate surface area is 113 Å². The van der Waals surface area contributed by atoms with Gasteiger partial charge in [-0.3, -0.25) is 0 Å². The number of methoxy groups -OCH3 is 1. The highest BCUT2D eigenvalue weighted by atomic mass is 16.5. The van der Waals surface area contributed by atoms with Gasteiger partial charge in [-0.05, 0) is 42.7 Å². The number of nitrogens with two attached hydrogens (primary N) is 1. The highest BCUT2D eigenvalue weighted by molar-refractivity contribution is 5.37. The van der Waals surface area contributed by atoms with Crippen LogP contribution in [0.4, 0.5) is 0 Å². The van der Waals surface area contributed by atoms with E-state index in [1.807, 2.05) is 37.3 Å². The molecule has 19 heavy (non-hydrogen) atoms. The molecule has 4 nitrogen and oxygen atoms in total. The van der Waals surface area contributed by atoms with E-state index in [0.717, 1.165) is 34.7 Å². The Morgan fingerprint density at radius 1 is 1.21 bits per heavy atom. The maximum absolute atomic E-state index is 6.34. The number of aryl methyl sites for hydroxylation is 2. The van der Waals surface area contributed by atoms with Crippen molar-refractivity contribution >= 4 is 0 Å². The molecule has 1 aromatic carbocycles. The van der Waals surface area contributed by atoms with Crippen LogP contribution in [-0.2, 0) is 6.42 Å². The van der Waals surface area contributed by atoms with Crippen LogP contribution >= 0.6 is 0 Å². The van der Waals surface area contributed by atoms with Crippen molar-refractivity contribution in [3.05, 3.63) is 52.8 Å². The second kappa shape index (κ2) is 5.80. The minimum atomic E-state index is -0.185. The first-order chi connectivity index (χ1) is 9.15. The van der Waals surface area contributed by atoms with Crippen LogP contribution in [0, 0.1) is 6.92 Å². The molecule has 0 aliphatic carbocycles. The van der Waals surface area contributed by atoms with E-state index in [0.29, 0.717) is 0 Å². The summed E-state index contributed by atoms with van der Waals surface area (Å²) < 4.78 is 5.16. The number of rotatable bonds is 4. The monoisotopic (exact) mass is 257 g/mol. The molecule has 4 heteroatoms. The molecular weight excluding hydrogens is 238 g/mol. The van der Waals surface area contributed by atoms with Gasteiger partial charge in [0.05, 0.1) is 24.5 Å². The summed E-state index contributed by atoms with van der Waals surface area (Å²) in [6.07, 6.45) is 0.826. The summed E-state index contributed by atoms with van der Waals surface area (Å²) in [5.41, 5.74) is 10.3. The van der Waals surface area contributed by atoms with Gasteiger partial charge < -0.3 is 10.5 Å². The third-order valence-corrected chi connectivity index (χ3v) is 3.17. The van der Waals surface area contributed by atoms with Gasteiger partial charge in [0.15, 0.2) is 0 Å². The molecule has 0 aliphatic heterocycles. The van der Waals surface area contributed by atoms with Crippen molar-refractivity contribution < 1.29 is 4.74 Å². The Morgan fingerprint density at radius 3 is 2.47 bits per heavy atom. The molecule has 0 radical (unpaired) electrons. The first kappa shape index (κ1) is 13.5. The molecule has 0 fully saturated rings. The topological polar surface area (TPSA) is 61.0 Å². The fourth-order valence-electron chi connectivity index (χ4n) is 2.07. The summed E-state index contributed by atoms with van der Waals surface area (Å²) in [5.74, 6) is 0.829. The minimum Gasteiger partial charge on any atom is -0.497 e. The molecule has 0 saturated carbocycles.